The lowest BCUT2D eigenvalue weighted by atomic mass is 10.1. The Kier molecular flexibility index (Phi) is 3.44. The molecule has 0 aliphatic heterocycles. The van der Waals surface area contributed by atoms with Crippen LogP contribution < -0.4 is 5.73 Å². The van der Waals surface area contributed by atoms with E-state index in [1.54, 1.807) is 0 Å². The monoisotopic (exact) mass is 224 g/mol. The zero-order valence-corrected chi connectivity index (χ0v) is 10.4. The molecule has 15 heavy (non-hydrogen) atoms. The Morgan fingerprint density at radius 2 is 2.33 bits per heavy atom. The molecule has 2 nitrogen and oxygen atoms in total. The number of hydrogen-bond acceptors (Lipinski definition) is 3. The maximum absolute atomic E-state index is 5.89. The zero-order valence-electron chi connectivity index (χ0n) is 9.57. The Bertz CT molecular complexity index is 317. The molecule has 1 fully saturated rings. The van der Waals surface area contributed by atoms with Gasteiger partial charge < -0.3 is 5.73 Å². The quantitative estimate of drug-likeness (QED) is 0.832. The molecule has 2 N–H and O–H groups in total. The van der Waals surface area contributed by atoms with E-state index >= 15 is 0 Å². The van der Waals surface area contributed by atoms with Gasteiger partial charge in [0.2, 0.25) is 0 Å². The molecule has 0 aromatic carbocycles. The molecule has 1 aromatic rings. The van der Waals surface area contributed by atoms with Crippen LogP contribution in [0.5, 0.6) is 0 Å². The fraction of sp³-hybridized carbons (Fsp3) is 0.667. The van der Waals surface area contributed by atoms with Crippen molar-refractivity contribution in [2.75, 3.05) is 20.1 Å². The van der Waals surface area contributed by atoms with Gasteiger partial charge in [-0.2, -0.15) is 0 Å². The minimum Gasteiger partial charge on any atom is -0.329 e. The zero-order chi connectivity index (χ0) is 10.8. The SMILES string of the molecule is Cc1ccsc1C(CN)N(C)CC1CC1. The fourth-order valence-electron chi connectivity index (χ4n) is 2.05. The van der Waals surface area contributed by atoms with Gasteiger partial charge in [-0.1, -0.05) is 0 Å². The van der Waals surface area contributed by atoms with Crippen LogP contribution in [0.25, 0.3) is 0 Å². The molecule has 3 heteroatoms. The highest BCUT2D eigenvalue weighted by Crippen LogP contribution is 2.33. The molecule has 1 aliphatic carbocycles. The molecule has 0 radical (unpaired) electrons. The summed E-state index contributed by atoms with van der Waals surface area (Å²) in [6, 6.07) is 2.61. The van der Waals surface area contributed by atoms with Gasteiger partial charge in [-0.25, -0.2) is 0 Å². The Labute approximate surface area is 96.1 Å². The van der Waals surface area contributed by atoms with Crippen LogP contribution in [-0.2, 0) is 0 Å². The van der Waals surface area contributed by atoms with Crippen LogP contribution in [0.2, 0.25) is 0 Å². The lowest BCUT2D eigenvalue weighted by Gasteiger charge is -2.26. The van der Waals surface area contributed by atoms with Crippen molar-refractivity contribution in [3.8, 4) is 0 Å². The summed E-state index contributed by atoms with van der Waals surface area (Å²) in [5.74, 6) is 0.935. The van der Waals surface area contributed by atoms with Gasteiger partial charge in [-0.15, -0.1) is 11.3 Å². The van der Waals surface area contributed by atoms with Crippen molar-refractivity contribution in [3.05, 3.63) is 21.9 Å². The number of hydrogen-bond donors (Lipinski definition) is 1. The Morgan fingerprint density at radius 1 is 1.60 bits per heavy atom. The summed E-state index contributed by atoms with van der Waals surface area (Å²) in [4.78, 5) is 3.87. The fourth-order valence-corrected chi connectivity index (χ4v) is 3.15. The molecular weight excluding hydrogens is 204 g/mol. The lowest BCUT2D eigenvalue weighted by molar-refractivity contribution is 0.243. The maximum Gasteiger partial charge on any atom is 0.0564 e. The van der Waals surface area contributed by atoms with Crippen molar-refractivity contribution < 1.29 is 0 Å². The highest BCUT2D eigenvalue weighted by atomic mass is 32.1. The number of likely N-dealkylation sites (N-methyl/N-ethyl adjacent to an activating group) is 1. The third-order valence-corrected chi connectivity index (χ3v) is 4.32. The molecule has 0 spiro atoms. The normalized spacial score (nSPS) is 18.4. The first-order valence-corrected chi connectivity index (χ1v) is 6.54. The molecular formula is C12H20N2S. The Balaban J connectivity index is 2.05. The second-order valence-electron chi connectivity index (χ2n) is 4.60. The van der Waals surface area contributed by atoms with E-state index in [2.05, 4.69) is 30.3 Å². The summed E-state index contributed by atoms with van der Waals surface area (Å²) >= 11 is 1.84. The van der Waals surface area contributed by atoms with Crippen molar-refractivity contribution in [1.29, 1.82) is 0 Å². The molecule has 2 rings (SSSR count). The van der Waals surface area contributed by atoms with E-state index in [0.717, 1.165) is 12.5 Å². The average molecular weight is 224 g/mol. The highest BCUT2D eigenvalue weighted by Gasteiger charge is 2.27. The molecule has 1 atom stereocenters. The number of rotatable bonds is 5. The summed E-state index contributed by atoms with van der Waals surface area (Å²) in [5, 5.41) is 2.16. The Hall–Kier alpha value is -0.380. The lowest BCUT2D eigenvalue weighted by Crippen LogP contribution is -2.31. The third-order valence-electron chi connectivity index (χ3n) is 3.20. The van der Waals surface area contributed by atoms with Gasteiger partial charge in [0.1, 0.15) is 0 Å². The van der Waals surface area contributed by atoms with E-state index in [0.29, 0.717) is 6.04 Å². The van der Waals surface area contributed by atoms with Crippen LogP contribution in [0.15, 0.2) is 11.4 Å². The maximum atomic E-state index is 5.89. The molecule has 1 unspecified atom stereocenters. The molecule has 1 saturated carbocycles. The van der Waals surface area contributed by atoms with Crippen LogP contribution in [0.1, 0.15) is 29.3 Å². The third kappa shape index (κ3) is 2.60. The topological polar surface area (TPSA) is 29.3 Å². The van der Waals surface area contributed by atoms with Gasteiger partial charge in [-0.3, -0.25) is 4.90 Å². The minimum atomic E-state index is 0.422. The molecule has 1 aromatic heterocycles. The predicted molar refractivity (Wildman–Crippen MR) is 66.2 cm³/mol. The van der Waals surface area contributed by atoms with Crippen LogP contribution in [0.4, 0.5) is 0 Å². The van der Waals surface area contributed by atoms with Crippen molar-refractivity contribution >= 4 is 11.3 Å². The second-order valence-corrected chi connectivity index (χ2v) is 5.55. The summed E-state index contributed by atoms with van der Waals surface area (Å²) < 4.78 is 0. The first-order valence-electron chi connectivity index (χ1n) is 5.66. The van der Waals surface area contributed by atoms with E-state index in [9.17, 15) is 0 Å². The van der Waals surface area contributed by atoms with Gasteiger partial charge in [0.05, 0.1) is 6.04 Å². The molecule has 84 valence electrons. The summed E-state index contributed by atoms with van der Waals surface area (Å²) in [6.45, 7) is 4.11. The van der Waals surface area contributed by atoms with E-state index in [1.165, 1.54) is 29.8 Å². The molecule has 1 heterocycles. The van der Waals surface area contributed by atoms with Crippen LogP contribution in [0.3, 0.4) is 0 Å². The van der Waals surface area contributed by atoms with Gasteiger partial charge in [0.15, 0.2) is 0 Å². The van der Waals surface area contributed by atoms with Gasteiger partial charge in [0.25, 0.3) is 0 Å². The second kappa shape index (κ2) is 4.64. The van der Waals surface area contributed by atoms with Crippen molar-refractivity contribution in [3.63, 3.8) is 0 Å². The van der Waals surface area contributed by atoms with Crippen LogP contribution >= 0.6 is 11.3 Å². The van der Waals surface area contributed by atoms with E-state index in [4.69, 9.17) is 5.73 Å². The van der Waals surface area contributed by atoms with E-state index in [-0.39, 0.29) is 0 Å². The van der Waals surface area contributed by atoms with Gasteiger partial charge >= 0.3 is 0 Å². The summed E-state index contributed by atoms with van der Waals surface area (Å²) in [6.07, 6.45) is 2.82. The van der Waals surface area contributed by atoms with Gasteiger partial charge in [-0.05, 0) is 49.7 Å². The summed E-state index contributed by atoms with van der Waals surface area (Å²) in [5.41, 5.74) is 7.28. The number of thiophene rings is 1. The average Bonchev–Trinajstić information content (AvgIpc) is 2.91. The van der Waals surface area contributed by atoms with Crippen molar-refractivity contribution in [1.82, 2.24) is 4.90 Å². The first-order chi connectivity index (χ1) is 7.22. The molecule has 0 amide bonds. The largest absolute Gasteiger partial charge is 0.329 e. The van der Waals surface area contributed by atoms with Crippen molar-refractivity contribution in [2.24, 2.45) is 11.7 Å². The van der Waals surface area contributed by atoms with E-state index < -0.39 is 0 Å². The smallest absolute Gasteiger partial charge is 0.0564 e. The van der Waals surface area contributed by atoms with Crippen LogP contribution in [0, 0.1) is 12.8 Å². The van der Waals surface area contributed by atoms with Gasteiger partial charge in [0, 0.05) is 18.0 Å². The number of nitrogens with zero attached hydrogens (tertiary/aromatic N) is 1. The summed E-state index contributed by atoms with van der Waals surface area (Å²) in [7, 11) is 2.20. The molecule has 0 bridgehead atoms. The predicted octanol–water partition coefficient (Wildman–Crippen LogP) is 2.40. The minimum absolute atomic E-state index is 0.422. The first kappa shape index (κ1) is 11.1. The molecule has 0 saturated heterocycles. The highest BCUT2D eigenvalue weighted by molar-refractivity contribution is 7.10. The number of nitrogens with two attached hydrogens (primary N) is 1. The molecule has 1 aliphatic rings. The number of aryl methyl sites for hydroxylation is 1. The van der Waals surface area contributed by atoms with Crippen LogP contribution in [-0.4, -0.2) is 25.0 Å². The van der Waals surface area contributed by atoms with E-state index in [1.807, 2.05) is 11.3 Å². The standard InChI is InChI=1S/C12H20N2S/c1-9-5-6-15-12(9)11(7-13)14(2)8-10-3-4-10/h5-6,10-11H,3-4,7-8,13H2,1-2H3. The van der Waals surface area contributed by atoms with Crippen molar-refractivity contribution in [2.45, 2.75) is 25.8 Å². The Morgan fingerprint density at radius 3 is 2.80 bits per heavy atom.